The predicted octanol–water partition coefficient (Wildman–Crippen LogP) is 1.38. The zero-order valence-electron chi connectivity index (χ0n) is 10.9. The van der Waals surface area contributed by atoms with Crippen LogP contribution >= 0.6 is 0 Å². The van der Waals surface area contributed by atoms with Crippen LogP contribution < -0.4 is 11.4 Å². The first-order valence-electron chi connectivity index (χ1n) is 6.11. The molecule has 1 heterocycles. The van der Waals surface area contributed by atoms with Gasteiger partial charge in [0, 0.05) is 12.1 Å². The summed E-state index contributed by atoms with van der Waals surface area (Å²) in [7, 11) is 0. The number of nitrogens with two attached hydrogens (primary N) is 1. The highest BCUT2D eigenvalue weighted by atomic mass is 16.4. The molecule has 0 saturated carbocycles. The Morgan fingerprint density at radius 1 is 1.47 bits per heavy atom. The first-order chi connectivity index (χ1) is 8.90. The number of carboxylic acids is 1. The third-order valence-corrected chi connectivity index (χ3v) is 3.08. The maximum absolute atomic E-state index is 11.8. The van der Waals surface area contributed by atoms with Gasteiger partial charge in [-0.25, -0.2) is 4.79 Å². The maximum atomic E-state index is 11.8. The molecule has 0 amide bonds. The Labute approximate surface area is 109 Å². The van der Waals surface area contributed by atoms with E-state index in [1.807, 2.05) is 13.8 Å². The Morgan fingerprint density at radius 3 is 2.74 bits per heavy atom. The second-order valence-corrected chi connectivity index (χ2v) is 4.87. The molecule has 0 radical (unpaired) electrons. The van der Waals surface area contributed by atoms with E-state index in [0.717, 1.165) is 5.52 Å². The topological polar surface area (TPSA) is 101 Å². The van der Waals surface area contributed by atoms with Gasteiger partial charge in [-0.1, -0.05) is 6.07 Å². The number of nitrogens with one attached hydrogen (secondary N) is 1. The van der Waals surface area contributed by atoms with Crippen LogP contribution in [0, 0.1) is 0 Å². The van der Waals surface area contributed by atoms with Crippen molar-refractivity contribution < 1.29 is 9.90 Å². The lowest BCUT2D eigenvalue weighted by atomic mass is 10.0. The number of hydrogen-bond acceptors (Lipinski definition) is 3. The summed E-state index contributed by atoms with van der Waals surface area (Å²) in [5.74, 6) is -0.944. The van der Waals surface area contributed by atoms with E-state index >= 15 is 0 Å². The van der Waals surface area contributed by atoms with E-state index in [2.05, 4.69) is 4.98 Å². The number of hydrogen-bond donors (Lipinski definition) is 3. The minimum atomic E-state index is -0.944. The molecule has 0 bridgehead atoms. The van der Waals surface area contributed by atoms with E-state index in [9.17, 15) is 9.59 Å². The number of rotatable bonds is 4. The van der Waals surface area contributed by atoms with E-state index in [1.54, 1.807) is 22.8 Å². The van der Waals surface area contributed by atoms with E-state index in [1.165, 1.54) is 0 Å². The maximum Gasteiger partial charge on any atom is 0.326 e. The first kappa shape index (κ1) is 13.4. The van der Waals surface area contributed by atoms with Crippen molar-refractivity contribution in [2.24, 2.45) is 5.73 Å². The summed E-state index contributed by atoms with van der Waals surface area (Å²) in [6.45, 7) is 3.86. The molecule has 0 fully saturated rings. The second-order valence-electron chi connectivity index (χ2n) is 4.87. The Morgan fingerprint density at radius 2 is 2.16 bits per heavy atom. The predicted molar refractivity (Wildman–Crippen MR) is 72.1 cm³/mol. The molecule has 2 aromatic rings. The summed E-state index contributed by atoms with van der Waals surface area (Å²) in [6.07, 6.45) is -0.138. The molecule has 0 spiro atoms. The molecule has 0 saturated heterocycles. The van der Waals surface area contributed by atoms with Crippen LogP contribution in [0.1, 0.15) is 37.9 Å². The van der Waals surface area contributed by atoms with Crippen LogP contribution in [0.4, 0.5) is 0 Å². The van der Waals surface area contributed by atoms with Crippen molar-refractivity contribution in [3.05, 3.63) is 34.2 Å². The van der Waals surface area contributed by atoms with Crippen molar-refractivity contribution >= 4 is 17.0 Å². The van der Waals surface area contributed by atoms with Gasteiger partial charge in [0.15, 0.2) is 0 Å². The van der Waals surface area contributed by atoms with Gasteiger partial charge in [-0.05, 0) is 31.5 Å². The van der Waals surface area contributed by atoms with Gasteiger partial charge < -0.3 is 15.8 Å². The van der Waals surface area contributed by atoms with Crippen LogP contribution in [0.15, 0.2) is 23.0 Å². The molecule has 1 atom stereocenters. The van der Waals surface area contributed by atoms with Crippen molar-refractivity contribution in [1.82, 2.24) is 9.55 Å². The third-order valence-electron chi connectivity index (χ3n) is 3.08. The Hall–Kier alpha value is -2.08. The highest BCUT2D eigenvalue weighted by molar-refractivity contribution is 5.77. The Kier molecular flexibility index (Phi) is 3.44. The minimum Gasteiger partial charge on any atom is -0.481 e. The lowest BCUT2D eigenvalue weighted by Gasteiger charge is -2.10. The number of nitrogens with zero attached hydrogens (tertiary/aromatic N) is 1. The second kappa shape index (κ2) is 4.89. The third kappa shape index (κ3) is 2.53. The SMILES string of the molecule is CC(C)n1c(=O)[nH]c2cc(C(N)CC(=O)O)ccc21. The number of carbonyl (C=O) groups is 1. The van der Waals surface area contributed by atoms with E-state index in [4.69, 9.17) is 10.8 Å². The molecule has 0 aliphatic carbocycles. The van der Waals surface area contributed by atoms with Crippen LogP contribution in [0.2, 0.25) is 0 Å². The number of aliphatic carboxylic acids is 1. The van der Waals surface area contributed by atoms with Gasteiger partial charge in [-0.3, -0.25) is 9.36 Å². The summed E-state index contributed by atoms with van der Waals surface area (Å²) >= 11 is 0. The molecule has 6 nitrogen and oxygen atoms in total. The van der Waals surface area contributed by atoms with Gasteiger partial charge in [-0.15, -0.1) is 0 Å². The fourth-order valence-corrected chi connectivity index (χ4v) is 2.20. The smallest absolute Gasteiger partial charge is 0.326 e. The highest BCUT2D eigenvalue weighted by Gasteiger charge is 2.14. The zero-order chi connectivity index (χ0) is 14.2. The fraction of sp³-hybridized carbons (Fsp3) is 0.385. The first-order valence-corrected chi connectivity index (χ1v) is 6.11. The largest absolute Gasteiger partial charge is 0.481 e. The average Bonchev–Trinajstić information content (AvgIpc) is 2.62. The van der Waals surface area contributed by atoms with Crippen molar-refractivity contribution in [3.63, 3.8) is 0 Å². The average molecular weight is 263 g/mol. The molecule has 0 aliphatic rings. The fourth-order valence-electron chi connectivity index (χ4n) is 2.20. The van der Waals surface area contributed by atoms with Gasteiger partial charge in [0.2, 0.25) is 0 Å². The summed E-state index contributed by atoms with van der Waals surface area (Å²) in [4.78, 5) is 25.2. The molecule has 6 heteroatoms. The molecular formula is C13H17N3O3. The Bertz CT molecular complexity index is 669. The highest BCUT2D eigenvalue weighted by Crippen LogP contribution is 2.20. The normalized spacial score (nSPS) is 13.1. The van der Waals surface area contributed by atoms with E-state index in [0.29, 0.717) is 11.1 Å². The Balaban J connectivity index is 2.48. The number of fused-ring (bicyclic) bond motifs is 1. The molecule has 4 N–H and O–H groups in total. The number of aromatic amines is 1. The number of carboxylic acid groups (broad SMARTS) is 1. The molecule has 0 aliphatic heterocycles. The number of H-pyrrole nitrogens is 1. The molecule has 2 rings (SSSR count). The lowest BCUT2D eigenvalue weighted by Crippen LogP contribution is -2.18. The zero-order valence-corrected chi connectivity index (χ0v) is 10.9. The van der Waals surface area contributed by atoms with Crippen molar-refractivity contribution in [2.75, 3.05) is 0 Å². The van der Waals surface area contributed by atoms with Gasteiger partial charge >= 0.3 is 11.7 Å². The van der Waals surface area contributed by atoms with Crippen molar-refractivity contribution in [2.45, 2.75) is 32.4 Å². The van der Waals surface area contributed by atoms with Gasteiger partial charge in [0.1, 0.15) is 0 Å². The van der Waals surface area contributed by atoms with E-state index in [-0.39, 0.29) is 18.2 Å². The molecule has 1 aromatic heterocycles. The standard InChI is InChI=1S/C13H17N3O3/c1-7(2)16-11-4-3-8(9(14)6-12(17)18)5-10(11)15-13(16)19/h3-5,7,9H,6,14H2,1-2H3,(H,15,19)(H,17,18). The lowest BCUT2D eigenvalue weighted by molar-refractivity contribution is -0.137. The quantitative estimate of drug-likeness (QED) is 0.775. The molecule has 19 heavy (non-hydrogen) atoms. The van der Waals surface area contributed by atoms with Crippen LogP contribution in [-0.4, -0.2) is 20.6 Å². The summed E-state index contributed by atoms with van der Waals surface area (Å²) in [5, 5.41) is 8.74. The van der Waals surface area contributed by atoms with Crippen LogP contribution in [0.5, 0.6) is 0 Å². The van der Waals surface area contributed by atoms with Crippen molar-refractivity contribution in [3.8, 4) is 0 Å². The molecule has 1 aromatic carbocycles. The molecule has 102 valence electrons. The van der Waals surface area contributed by atoms with Crippen LogP contribution in [-0.2, 0) is 4.79 Å². The van der Waals surface area contributed by atoms with Gasteiger partial charge in [0.05, 0.1) is 17.5 Å². The summed E-state index contributed by atoms with van der Waals surface area (Å²) in [5.41, 5.74) is 7.82. The monoisotopic (exact) mass is 263 g/mol. The van der Waals surface area contributed by atoms with Crippen LogP contribution in [0.25, 0.3) is 11.0 Å². The molecular weight excluding hydrogens is 246 g/mol. The molecule has 1 unspecified atom stereocenters. The van der Waals surface area contributed by atoms with E-state index < -0.39 is 12.0 Å². The van der Waals surface area contributed by atoms with Crippen LogP contribution in [0.3, 0.4) is 0 Å². The summed E-state index contributed by atoms with van der Waals surface area (Å²) < 4.78 is 1.65. The van der Waals surface area contributed by atoms with Gasteiger partial charge in [0.25, 0.3) is 0 Å². The number of imidazole rings is 1. The van der Waals surface area contributed by atoms with Gasteiger partial charge in [-0.2, -0.15) is 0 Å². The van der Waals surface area contributed by atoms with Crippen molar-refractivity contribution in [1.29, 1.82) is 0 Å². The minimum absolute atomic E-state index is 0.0554. The number of benzene rings is 1. The number of aromatic nitrogens is 2. The summed E-state index contributed by atoms with van der Waals surface area (Å²) in [6, 6.07) is 4.78.